The quantitative estimate of drug-likeness (QED) is 0.179. The Labute approximate surface area is 249 Å². The second-order valence-electron chi connectivity index (χ2n) is 11.1. The van der Waals surface area contributed by atoms with Crippen LogP contribution in [0.25, 0.3) is 0 Å². The fourth-order valence-electron chi connectivity index (χ4n) is 4.70. The summed E-state index contributed by atoms with van der Waals surface area (Å²) in [4.78, 5) is 12.5. The SMILES string of the molecule is CC(C)(C)c1ccc(OCC(=O)Oc2ccc3c(c2)OC(N)=C(C#N)C3c2ccc(OCc3ccc(F)cc3)cc2)cc1. The molecular weight excluding hydrogens is 547 g/mol. The zero-order valence-corrected chi connectivity index (χ0v) is 24.1. The summed E-state index contributed by atoms with van der Waals surface area (Å²) in [5, 5.41) is 9.88. The highest BCUT2D eigenvalue weighted by Crippen LogP contribution is 2.43. The zero-order chi connectivity index (χ0) is 30.6. The molecule has 4 aromatic rings. The van der Waals surface area contributed by atoms with Gasteiger partial charge < -0.3 is 24.7 Å². The summed E-state index contributed by atoms with van der Waals surface area (Å²) in [6.07, 6.45) is 0. The van der Waals surface area contributed by atoms with Gasteiger partial charge in [-0.05, 0) is 64.6 Å². The molecule has 0 fully saturated rings. The number of nitrogens with two attached hydrogens (primary N) is 1. The van der Waals surface area contributed by atoms with Crippen LogP contribution in [0.15, 0.2) is 102 Å². The first-order chi connectivity index (χ1) is 20.6. The summed E-state index contributed by atoms with van der Waals surface area (Å²) in [5.74, 6) is 0.410. The molecule has 8 heteroatoms. The number of hydrogen-bond donors (Lipinski definition) is 1. The number of halogens is 1. The Hall–Kier alpha value is -5.29. The van der Waals surface area contributed by atoms with Crippen LogP contribution in [-0.2, 0) is 16.8 Å². The minimum absolute atomic E-state index is 0.0155. The van der Waals surface area contributed by atoms with Gasteiger partial charge in [0, 0.05) is 11.6 Å². The second-order valence-corrected chi connectivity index (χ2v) is 11.1. The Kier molecular flexibility index (Phi) is 8.35. The van der Waals surface area contributed by atoms with Gasteiger partial charge in [-0.25, -0.2) is 9.18 Å². The van der Waals surface area contributed by atoms with Gasteiger partial charge in [-0.2, -0.15) is 5.26 Å². The predicted octanol–water partition coefficient (Wildman–Crippen LogP) is 6.90. The van der Waals surface area contributed by atoms with Crippen LogP contribution in [0, 0.1) is 17.1 Å². The number of fused-ring (bicyclic) bond motifs is 1. The molecule has 5 rings (SSSR count). The normalized spacial score (nSPS) is 14.3. The van der Waals surface area contributed by atoms with Crippen LogP contribution in [0.3, 0.4) is 0 Å². The maximum absolute atomic E-state index is 13.2. The Bertz CT molecular complexity index is 1680. The van der Waals surface area contributed by atoms with Crippen LogP contribution in [0.2, 0.25) is 0 Å². The van der Waals surface area contributed by atoms with E-state index in [0.717, 1.165) is 16.7 Å². The molecule has 43 heavy (non-hydrogen) atoms. The number of ether oxygens (including phenoxy) is 4. The van der Waals surface area contributed by atoms with Gasteiger partial charge in [0.05, 0.1) is 5.92 Å². The maximum atomic E-state index is 13.2. The molecule has 0 aliphatic carbocycles. The largest absolute Gasteiger partial charge is 0.489 e. The van der Waals surface area contributed by atoms with Gasteiger partial charge in [-0.15, -0.1) is 0 Å². The molecule has 0 saturated carbocycles. The molecule has 0 spiro atoms. The molecular formula is C35H31FN2O5. The maximum Gasteiger partial charge on any atom is 0.349 e. The minimum Gasteiger partial charge on any atom is -0.489 e. The first-order valence-electron chi connectivity index (χ1n) is 13.7. The van der Waals surface area contributed by atoms with Crippen LogP contribution in [0.1, 0.15) is 48.9 Å². The number of hydrogen-bond acceptors (Lipinski definition) is 7. The summed E-state index contributed by atoms with van der Waals surface area (Å²) in [6, 6.07) is 28.1. The van der Waals surface area contributed by atoms with Gasteiger partial charge in [0.15, 0.2) is 6.61 Å². The van der Waals surface area contributed by atoms with Crippen molar-refractivity contribution in [2.24, 2.45) is 5.73 Å². The van der Waals surface area contributed by atoms with Crippen molar-refractivity contribution in [3.8, 4) is 29.1 Å². The first kappa shape index (κ1) is 29.2. The van der Waals surface area contributed by atoms with E-state index < -0.39 is 11.9 Å². The molecule has 0 saturated heterocycles. The van der Waals surface area contributed by atoms with E-state index in [1.54, 1.807) is 42.5 Å². The van der Waals surface area contributed by atoms with Crippen molar-refractivity contribution in [1.82, 2.24) is 0 Å². The molecule has 1 unspecified atom stereocenters. The summed E-state index contributed by atoms with van der Waals surface area (Å²) in [7, 11) is 0. The van der Waals surface area contributed by atoms with E-state index in [1.807, 2.05) is 36.4 Å². The lowest BCUT2D eigenvalue weighted by molar-refractivity contribution is -0.136. The Balaban J connectivity index is 1.26. The van der Waals surface area contributed by atoms with Gasteiger partial charge in [0.25, 0.3) is 0 Å². The molecule has 0 aromatic heterocycles. The van der Waals surface area contributed by atoms with Gasteiger partial charge >= 0.3 is 5.97 Å². The third-order valence-corrected chi connectivity index (χ3v) is 7.03. The van der Waals surface area contributed by atoms with Crippen molar-refractivity contribution in [2.45, 2.75) is 38.7 Å². The fraction of sp³-hybridized carbons (Fsp3) is 0.200. The van der Waals surface area contributed by atoms with Gasteiger partial charge in [0.2, 0.25) is 5.88 Å². The van der Waals surface area contributed by atoms with Gasteiger partial charge in [0.1, 0.15) is 47.1 Å². The molecule has 7 nitrogen and oxygen atoms in total. The van der Waals surface area contributed by atoms with Crippen LogP contribution in [-0.4, -0.2) is 12.6 Å². The third kappa shape index (κ3) is 6.96. The van der Waals surface area contributed by atoms with E-state index in [4.69, 9.17) is 24.7 Å². The number of benzene rings is 4. The highest BCUT2D eigenvalue weighted by Gasteiger charge is 2.31. The molecule has 0 bridgehead atoms. The van der Waals surface area contributed by atoms with E-state index in [2.05, 4.69) is 26.8 Å². The number of esters is 1. The number of rotatable bonds is 8. The van der Waals surface area contributed by atoms with Crippen molar-refractivity contribution < 1.29 is 28.1 Å². The molecule has 1 atom stereocenters. The van der Waals surface area contributed by atoms with Gasteiger partial charge in [-0.1, -0.05) is 63.2 Å². The smallest absolute Gasteiger partial charge is 0.349 e. The van der Waals surface area contributed by atoms with Crippen LogP contribution in [0.4, 0.5) is 4.39 Å². The molecule has 1 aliphatic heterocycles. The van der Waals surface area contributed by atoms with E-state index in [1.165, 1.54) is 12.1 Å². The lowest BCUT2D eigenvalue weighted by Gasteiger charge is -2.26. The van der Waals surface area contributed by atoms with Crippen LogP contribution in [0.5, 0.6) is 23.0 Å². The Morgan fingerprint density at radius 2 is 1.53 bits per heavy atom. The fourth-order valence-corrected chi connectivity index (χ4v) is 4.70. The molecule has 1 heterocycles. The number of carbonyl (C=O) groups excluding carboxylic acids is 1. The van der Waals surface area contributed by atoms with Crippen molar-refractivity contribution in [1.29, 1.82) is 5.26 Å². The number of nitrogens with zero attached hydrogens (tertiary/aromatic N) is 1. The first-order valence-corrected chi connectivity index (χ1v) is 13.7. The number of carbonyl (C=O) groups is 1. The summed E-state index contributed by atoms with van der Waals surface area (Å²) in [6.45, 7) is 6.39. The standard InChI is InChI=1S/C35H31FN2O5/c1-35(2,3)24-8-14-27(15-9-24)41-21-32(39)42-28-16-17-29-31(18-28)43-34(38)30(19-37)33(29)23-6-12-26(13-7-23)40-20-22-4-10-25(36)11-5-22/h4-18,33H,20-21,38H2,1-3H3. The molecule has 0 radical (unpaired) electrons. The predicted molar refractivity (Wildman–Crippen MR) is 159 cm³/mol. The molecule has 1 aliphatic rings. The second kappa shape index (κ2) is 12.3. The topological polar surface area (TPSA) is 104 Å². The highest BCUT2D eigenvalue weighted by molar-refractivity contribution is 5.74. The average molecular weight is 579 g/mol. The molecule has 4 aromatic carbocycles. The lowest BCUT2D eigenvalue weighted by atomic mass is 9.83. The Morgan fingerprint density at radius 3 is 2.19 bits per heavy atom. The van der Waals surface area contributed by atoms with Crippen molar-refractivity contribution in [3.63, 3.8) is 0 Å². The summed E-state index contributed by atoms with van der Waals surface area (Å²) < 4.78 is 35.8. The lowest BCUT2D eigenvalue weighted by Crippen LogP contribution is -2.21. The molecule has 218 valence electrons. The zero-order valence-electron chi connectivity index (χ0n) is 24.1. The van der Waals surface area contributed by atoms with Crippen molar-refractivity contribution >= 4 is 5.97 Å². The van der Waals surface area contributed by atoms with E-state index in [-0.39, 0.29) is 41.7 Å². The minimum atomic E-state index is -0.579. The van der Waals surface area contributed by atoms with Crippen molar-refractivity contribution in [3.05, 3.63) is 131 Å². The Morgan fingerprint density at radius 1 is 0.907 bits per heavy atom. The average Bonchev–Trinajstić information content (AvgIpc) is 2.99. The van der Waals surface area contributed by atoms with Crippen LogP contribution >= 0.6 is 0 Å². The highest BCUT2D eigenvalue weighted by atomic mass is 19.1. The monoisotopic (exact) mass is 578 g/mol. The number of nitriles is 1. The summed E-state index contributed by atoms with van der Waals surface area (Å²) >= 11 is 0. The summed E-state index contributed by atoms with van der Waals surface area (Å²) in [5.41, 5.74) is 9.92. The molecule has 0 amide bonds. The number of allylic oxidation sites excluding steroid dienone is 1. The van der Waals surface area contributed by atoms with Gasteiger partial charge in [-0.3, -0.25) is 0 Å². The van der Waals surface area contributed by atoms with E-state index >= 15 is 0 Å². The molecule has 2 N–H and O–H groups in total. The van der Waals surface area contributed by atoms with Crippen LogP contribution < -0.4 is 24.7 Å². The van der Waals surface area contributed by atoms with E-state index in [0.29, 0.717) is 22.8 Å². The van der Waals surface area contributed by atoms with Crippen molar-refractivity contribution in [2.75, 3.05) is 6.61 Å². The third-order valence-electron chi connectivity index (χ3n) is 7.03. The van der Waals surface area contributed by atoms with E-state index in [9.17, 15) is 14.4 Å².